The van der Waals surface area contributed by atoms with Crippen molar-refractivity contribution >= 4 is 34.0 Å². The van der Waals surface area contributed by atoms with Crippen molar-refractivity contribution in [3.63, 3.8) is 0 Å². The number of carbonyl (C=O) groups excluding carboxylic acids is 1. The Bertz CT molecular complexity index is 996. The van der Waals surface area contributed by atoms with Gasteiger partial charge in [0.05, 0.1) is 11.2 Å². The van der Waals surface area contributed by atoms with E-state index in [1.54, 1.807) is 0 Å². The van der Waals surface area contributed by atoms with Gasteiger partial charge in [0.15, 0.2) is 0 Å². The average molecular weight is 290 g/mol. The number of nitrogens with one attached hydrogen (secondary N) is 3. The van der Waals surface area contributed by atoms with Crippen molar-refractivity contribution in [2.75, 3.05) is 5.32 Å². The molecular weight excluding hydrogens is 276 g/mol. The molecule has 2 aromatic heterocycles. The first-order chi connectivity index (χ1) is 10.8. The van der Waals surface area contributed by atoms with Crippen LogP contribution in [0.1, 0.15) is 5.69 Å². The van der Waals surface area contributed by atoms with Crippen molar-refractivity contribution in [1.29, 1.82) is 0 Å². The monoisotopic (exact) mass is 290 g/mol. The van der Waals surface area contributed by atoms with Gasteiger partial charge in [-0.25, -0.2) is 4.98 Å². The number of aromatic nitrogens is 3. The highest BCUT2D eigenvalue weighted by atomic mass is 16.1. The molecule has 0 saturated carbocycles. The minimum Gasteiger partial charge on any atom is -0.358 e. The van der Waals surface area contributed by atoms with Crippen molar-refractivity contribution < 1.29 is 4.79 Å². The summed E-state index contributed by atoms with van der Waals surface area (Å²) in [5, 5.41) is 3.82. The van der Waals surface area contributed by atoms with Crippen LogP contribution in [0.4, 0.5) is 5.69 Å². The summed E-state index contributed by atoms with van der Waals surface area (Å²) in [6, 6.07) is 13.8. The fraction of sp³-hybridized carbons (Fsp3) is 0.0588. The highest BCUT2D eigenvalue weighted by molar-refractivity contribution is 5.99. The summed E-state index contributed by atoms with van der Waals surface area (Å²) in [6.07, 6.45) is 0.667. The standard InChI is InChI=1S/C17H14N4O/c1-10-15(11-5-2-3-6-12(11)19-10)17-20-14-8-4-7-13(18-9-22)16(14)21-17/h2-9,19H,1H3,(H,18,22)(H,20,21). The topological polar surface area (TPSA) is 73.6 Å². The van der Waals surface area contributed by atoms with Crippen LogP contribution in [0.2, 0.25) is 0 Å². The van der Waals surface area contributed by atoms with Crippen molar-refractivity contribution in [2.24, 2.45) is 0 Å². The molecule has 0 spiro atoms. The summed E-state index contributed by atoms with van der Waals surface area (Å²) >= 11 is 0. The number of imidazole rings is 1. The van der Waals surface area contributed by atoms with Crippen LogP contribution >= 0.6 is 0 Å². The van der Waals surface area contributed by atoms with Crippen LogP contribution in [0.15, 0.2) is 42.5 Å². The second-order valence-electron chi connectivity index (χ2n) is 5.22. The first kappa shape index (κ1) is 12.6. The molecule has 0 unspecified atom stereocenters. The summed E-state index contributed by atoms with van der Waals surface area (Å²) in [5.74, 6) is 0.796. The van der Waals surface area contributed by atoms with Crippen LogP contribution in [-0.2, 0) is 4.79 Å². The van der Waals surface area contributed by atoms with Gasteiger partial charge in [0.1, 0.15) is 11.3 Å². The van der Waals surface area contributed by atoms with Crippen LogP contribution in [0.5, 0.6) is 0 Å². The number of hydrogen-bond acceptors (Lipinski definition) is 2. The minimum atomic E-state index is 0.667. The van der Waals surface area contributed by atoms with Gasteiger partial charge in [0.2, 0.25) is 6.41 Å². The molecule has 0 fully saturated rings. The number of nitrogens with zero attached hydrogens (tertiary/aromatic N) is 1. The second kappa shape index (κ2) is 4.73. The van der Waals surface area contributed by atoms with Crippen LogP contribution in [-0.4, -0.2) is 21.4 Å². The van der Waals surface area contributed by atoms with Gasteiger partial charge in [0, 0.05) is 22.2 Å². The van der Waals surface area contributed by atoms with E-state index in [0.717, 1.165) is 39.0 Å². The van der Waals surface area contributed by atoms with Crippen LogP contribution in [0, 0.1) is 6.92 Å². The first-order valence-electron chi connectivity index (χ1n) is 7.04. The fourth-order valence-corrected chi connectivity index (χ4v) is 2.91. The maximum Gasteiger partial charge on any atom is 0.211 e. The van der Waals surface area contributed by atoms with Gasteiger partial charge in [-0.1, -0.05) is 24.3 Å². The van der Waals surface area contributed by atoms with Gasteiger partial charge < -0.3 is 15.3 Å². The van der Waals surface area contributed by atoms with E-state index in [-0.39, 0.29) is 0 Å². The number of hydrogen-bond donors (Lipinski definition) is 3. The summed E-state index contributed by atoms with van der Waals surface area (Å²) in [5.41, 5.74) is 5.56. The SMILES string of the molecule is Cc1[nH]c2ccccc2c1-c1nc2c(NC=O)cccc2[nH]1. The van der Waals surface area contributed by atoms with Gasteiger partial charge >= 0.3 is 0 Å². The Kier molecular flexibility index (Phi) is 2.72. The highest BCUT2D eigenvalue weighted by Gasteiger charge is 2.15. The lowest BCUT2D eigenvalue weighted by molar-refractivity contribution is -0.105. The van der Waals surface area contributed by atoms with E-state index in [1.807, 2.05) is 43.3 Å². The number of anilines is 1. The van der Waals surface area contributed by atoms with Crippen molar-refractivity contribution in [2.45, 2.75) is 6.92 Å². The zero-order chi connectivity index (χ0) is 15.1. The number of aryl methyl sites for hydroxylation is 1. The van der Waals surface area contributed by atoms with Gasteiger partial charge in [-0.2, -0.15) is 0 Å². The van der Waals surface area contributed by atoms with Crippen LogP contribution in [0.25, 0.3) is 33.3 Å². The van der Waals surface area contributed by atoms with Crippen molar-refractivity contribution in [3.8, 4) is 11.4 Å². The second-order valence-corrected chi connectivity index (χ2v) is 5.22. The fourth-order valence-electron chi connectivity index (χ4n) is 2.91. The molecule has 0 bridgehead atoms. The Balaban J connectivity index is 1.99. The van der Waals surface area contributed by atoms with E-state index in [2.05, 4.69) is 26.3 Å². The summed E-state index contributed by atoms with van der Waals surface area (Å²) in [4.78, 5) is 22.1. The van der Waals surface area contributed by atoms with E-state index in [9.17, 15) is 4.79 Å². The molecule has 1 amide bonds. The number of para-hydroxylation sites is 2. The van der Waals surface area contributed by atoms with Crippen molar-refractivity contribution in [1.82, 2.24) is 15.0 Å². The molecule has 3 N–H and O–H groups in total. The average Bonchev–Trinajstić information content (AvgIpc) is 3.07. The molecule has 0 aliphatic rings. The quantitative estimate of drug-likeness (QED) is 0.504. The number of carbonyl (C=O) groups is 1. The predicted molar refractivity (Wildman–Crippen MR) is 87.8 cm³/mol. The highest BCUT2D eigenvalue weighted by Crippen LogP contribution is 2.32. The Labute approximate surface area is 126 Å². The summed E-state index contributed by atoms with van der Waals surface area (Å²) in [6.45, 7) is 2.03. The van der Waals surface area contributed by atoms with Gasteiger partial charge in [-0.05, 0) is 25.1 Å². The Morgan fingerprint density at radius 3 is 2.73 bits per heavy atom. The van der Waals surface area contributed by atoms with Gasteiger partial charge in [-0.3, -0.25) is 4.79 Å². The summed E-state index contributed by atoms with van der Waals surface area (Å²) in [7, 11) is 0. The van der Waals surface area contributed by atoms with E-state index in [4.69, 9.17) is 0 Å². The van der Waals surface area contributed by atoms with E-state index in [0.29, 0.717) is 12.1 Å². The number of fused-ring (bicyclic) bond motifs is 2. The predicted octanol–water partition coefficient (Wildman–Crippen LogP) is 3.59. The summed E-state index contributed by atoms with van der Waals surface area (Å²) < 4.78 is 0. The number of amides is 1. The number of benzene rings is 2. The van der Waals surface area contributed by atoms with E-state index in [1.165, 1.54) is 0 Å². The molecule has 22 heavy (non-hydrogen) atoms. The lowest BCUT2D eigenvalue weighted by Crippen LogP contribution is -1.94. The van der Waals surface area contributed by atoms with Gasteiger partial charge in [-0.15, -0.1) is 0 Å². The lowest BCUT2D eigenvalue weighted by atomic mass is 10.1. The molecule has 0 radical (unpaired) electrons. The molecule has 0 saturated heterocycles. The largest absolute Gasteiger partial charge is 0.358 e. The number of aromatic amines is 2. The molecule has 4 aromatic rings. The molecule has 2 aromatic carbocycles. The Morgan fingerprint density at radius 1 is 1.05 bits per heavy atom. The number of H-pyrrole nitrogens is 2. The molecule has 0 aliphatic carbocycles. The molecule has 0 aliphatic heterocycles. The molecule has 2 heterocycles. The van der Waals surface area contributed by atoms with E-state index < -0.39 is 0 Å². The molecule has 5 nitrogen and oxygen atoms in total. The normalized spacial score (nSPS) is 11.1. The van der Waals surface area contributed by atoms with Crippen molar-refractivity contribution in [3.05, 3.63) is 48.2 Å². The lowest BCUT2D eigenvalue weighted by Gasteiger charge is -1.97. The Hall–Kier alpha value is -3.08. The third-order valence-corrected chi connectivity index (χ3v) is 3.86. The zero-order valence-electron chi connectivity index (χ0n) is 12.0. The van der Waals surface area contributed by atoms with Crippen LogP contribution < -0.4 is 5.32 Å². The number of rotatable bonds is 3. The zero-order valence-corrected chi connectivity index (χ0v) is 12.0. The molecule has 0 atom stereocenters. The molecule has 5 heteroatoms. The minimum absolute atomic E-state index is 0.667. The first-order valence-corrected chi connectivity index (χ1v) is 7.04. The molecule has 108 valence electrons. The molecular formula is C17H14N4O. The van der Waals surface area contributed by atoms with Crippen LogP contribution in [0.3, 0.4) is 0 Å². The maximum absolute atomic E-state index is 10.7. The maximum atomic E-state index is 10.7. The smallest absolute Gasteiger partial charge is 0.211 e. The molecule has 4 rings (SSSR count). The van der Waals surface area contributed by atoms with E-state index >= 15 is 0 Å². The third-order valence-electron chi connectivity index (χ3n) is 3.86. The third kappa shape index (κ3) is 1.79. The van der Waals surface area contributed by atoms with Gasteiger partial charge in [0.25, 0.3) is 0 Å². The Morgan fingerprint density at radius 2 is 1.86 bits per heavy atom.